The minimum Gasteiger partial charge on any atom is -0.467 e. The number of methoxy groups -OCH3 is 1. The van der Waals surface area contributed by atoms with Crippen molar-refractivity contribution in [1.29, 1.82) is 0 Å². The average Bonchev–Trinajstić information content (AvgIpc) is 3.59. The number of carbonyl (C=O) groups is 3. The first-order valence-electron chi connectivity index (χ1n) is 14.3. The summed E-state index contributed by atoms with van der Waals surface area (Å²) in [5, 5.41) is 2.77. The van der Waals surface area contributed by atoms with Gasteiger partial charge in [0.1, 0.15) is 18.0 Å². The van der Waals surface area contributed by atoms with Crippen molar-refractivity contribution in [2.24, 2.45) is 0 Å². The summed E-state index contributed by atoms with van der Waals surface area (Å²) in [6.45, 7) is 16.3. The average molecular weight is 570 g/mol. The Morgan fingerprint density at radius 2 is 1.68 bits per heavy atom. The summed E-state index contributed by atoms with van der Waals surface area (Å²) in [4.78, 5) is 42.6. The minimum absolute atomic E-state index is 0.0991. The molecule has 0 aliphatic carbocycles. The van der Waals surface area contributed by atoms with E-state index >= 15 is 0 Å². The molecule has 0 unspecified atom stereocenters. The normalized spacial score (nSPS) is 30.4. The van der Waals surface area contributed by atoms with E-state index in [2.05, 4.69) is 46.9 Å². The summed E-state index contributed by atoms with van der Waals surface area (Å²) < 4.78 is 25.4. The molecule has 3 heterocycles. The van der Waals surface area contributed by atoms with Gasteiger partial charge in [0.05, 0.1) is 0 Å². The lowest BCUT2D eigenvalue weighted by atomic mass is 9.85. The lowest BCUT2D eigenvalue weighted by Gasteiger charge is -2.48. The smallest absolute Gasteiger partial charge is 0.278 e. The number of hydrogen-bond donors (Lipinski definition) is 1. The Labute approximate surface area is 238 Å². The number of nitrogens with one attached hydrogen (secondary N) is 1. The molecule has 3 aliphatic heterocycles. The van der Waals surface area contributed by atoms with E-state index in [0.717, 1.165) is 6.42 Å². The fourth-order valence-electron chi connectivity index (χ4n) is 6.77. The molecule has 1 amide bonds. The van der Waals surface area contributed by atoms with E-state index in [1.54, 1.807) is 37.3 Å². The van der Waals surface area contributed by atoms with Gasteiger partial charge in [-0.15, -0.1) is 0 Å². The molecule has 218 valence electrons. The molecule has 0 aromatic heterocycles. The second-order valence-electron chi connectivity index (χ2n) is 11.9. The molecule has 4 rings (SSSR count). The summed E-state index contributed by atoms with van der Waals surface area (Å²) >= 11 is 0. The van der Waals surface area contributed by atoms with Crippen LogP contribution >= 0.6 is 0 Å². The van der Waals surface area contributed by atoms with Crippen molar-refractivity contribution in [3.8, 4) is 0 Å². The van der Waals surface area contributed by atoms with E-state index in [-0.39, 0.29) is 22.7 Å². The molecule has 2 saturated heterocycles. The van der Waals surface area contributed by atoms with Gasteiger partial charge in [0.2, 0.25) is 25.6 Å². The lowest BCUT2D eigenvalue weighted by Crippen LogP contribution is -2.66. The fourth-order valence-corrected chi connectivity index (χ4v) is 12.3. The quantitative estimate of drug-likeness (QED) is 0.128. The van der Waals surface area contributed by atoms with E-state index in [1.807, 2.05) is 19.1 Å². The molecule has 1 aromatic rings. The Bertz CT molecular complexity index is 1200. The molecule has 8 nitrogen and oxygen atoms in total. The zero-order chi connectivity index (χ0) is 29.6. The lowest BCUT2D eigenvalue weighted by molar-refractivity contribution is -0.158. The number of carbonyl (C=O) groups excluding carboxylic acids is 3. The number of allylic oxidation sites excluding steroid dienone is 1. The molecular formula is C31H43NO7Si. The van der Waals surface area contributed by atoms with E-state index in [9.17, 15) is 14.4 Å². The van der Waals surface area contributed by atoms with Crippen molar-refractivity contribution in [2.45, 2.75) is 108 Å². The minimum atomic E-state index is -2.80. The number of amides is 1. The van der Waals surface area contributed by atoms with Crippen molar-refractivity contribution in [3.05, 3.63) is 59.4 Å². The van der Waals surface area contributed by atoms with Gasteiger partial charge in [0.15, 0.2) is 6.10 Å². The van der Waals surface area contributed by atoms with Crippen LogP contribution in [0.5, 0.6) is 0 Å². The second kappa shape index (κ2) is 11.0. The Balaban J connectivity index is 1.89. The summed E-state index contributed by atoms with van der Waals surface area (Å²) in [5.74, 6) is -1.47. The van der Waals surface area contributed by atoms with Crippen molar-refractivity contribution < 1.29 is 33.0 Å². The van der Waals surface area contributed by atoms with Crippen molar-refractivity contribution in [3.63, 3.8) is 0 Å². The first-order chi connectivity index (χ1) is 18.8. The Kier molecular flexibility index (Phi) is 8.35. The summed E-state index contributed by atoms with van der Waals surface area (Å²) in [7, 11) is -1.44. The van der Waals surface area contributed by atoms with Gasteiger partial charge in [-0.3, -0.25) is 14.4 Å². The van der Waals surface area contributed by atoms with Crippen LogP contribution in [-0.4, -0.2) is 62.5 Å². The maximum absolute atomic E-state index is 14.3. The second-order valence-corrected chi connectivity index (χ2v) is 17.3. The number of ether oxygens (including phenoxy) is 3. The summed E-state index contributed by atoms with van der Waals surface area (Å²) in [6.07, 6.45) is 2.67. The molecule has 1 N–H and O–H groups in total. The highest BCUT2D eigenvalue weighted by Gasteiger charge is 2.77. The number of benzene rings is 1. The third-order valence-electron chi connectivity index (χ3n) is 8.76. The van der Waals surface area contributed by atoms with Gasteiger partial charge < -0.3 is 24.0 Å². The van der Waals surface area contributed by atoms with Crippen molar-refractivity contribution in [2.75, 3.05) is 7.11 Å². The molecule has 5 atom stereocenters. The monoisotopic (exact) mass is 569 g/mol. The van der Waals surface area contributed by atoms with Crippen LogP contribution in [0.2, 0.25) is 16.6 Å². The van der Waals surface area contributed by atoms with Crippen LogP contribution in [0.15, 0.2) is 53.8 Å². The number of hydrogen-bond acceptors (Lipinski definition) is 7. The highest BCUT2D eigenvalue weighted by atomic mass is 28.4. The van der Waals surface area contributed by atoms with Gasteiger partial charge in [0, 0.05) is 18.2 Å². The van der Waals surface area contributed by atoms with Gasteiger partial charge in [-0.1, -0.05) is 91.0 Å². The van der Waals surface area contributed by atoms with E-state index in [4.69, 9.17) is 18.6 Å². The highest BCUT2D eigenvalue weighted by molar-refractivity contribution is 6.77. The number of rotatable bonds is 11. The summed E-state index contributed by atoms with van der Waals surface area (Å²) in [5.41, 5.74) is -3.18. The van der Waals surface area contributed by atoms with E-state index < -0.39 is 49.3 Å². The van der Waals surface area contributed by atoms with Crippen LogP contribution in [0.4, 0.5) is 0 Å². The molecule has 0 bridgehead atoms. The Hall–Kier alpha value is -2.59. The Morgan fingerprint density at radius 3 is 2.20 bits per heavy atom. The molecule has 40 heavy (non-hydrogen) atoms. The van der Waals surface area contributed by atoms with Gasteiger partial charge in [0.25, 0.3) is 11.5 Å². The van der Waals surface area contributed by atoms with Crippen molar-refractivity contribution >= 4 is 25.8 Å². The fraction of sp³-hybridized carbons (Fsp3) is 0.581. The van der Waals surface area contributed by atoms with Crippen LogP contribution in [0.25, 0.3) is 0 Å². The van der Waals surface area contributed by atoms with Crippen LogP contribution < -0.4 is 5.32 Å². The van der Waals surface area contributed by atoms with Gasteiger partial charge in [-0.05, 0) is 30.0 Å². The van der Waals surface area contributed by atoms with Crippen LogP contribution in [0.3, 0.4) is 0 Å². The van der Waals surface area contributed by atoms with Crippen LogP contribution in [0, 0.1) is 0 Å². The van der Waals surface area contributed by atoms with E-state index in [0.29, 0.717) is 16.9 Å². The molecule has 0 radical (unpaired) electrons. The Morgan fingerprint density at radius 1 is 1.07 bits per heavy atom. The maximum atomic E-state index is 14.3. The number of Topliss-reactive ketones (excluding diaryl/α,β-unsaturated/α-hetero) is 2. The largest absolute Gasteiger partial charge is 0.467 e. The zero-order valence-electron chi connectivity index (χ0n) is 25.1. The molecule has 0 saturated carbocycles. The molecule has 3 aliphatic rings. The van der Waals surface area contributed by atoms with E-state index in [1.165, 1.54) is 7.11 Å². The number of ketones is 2. The standard InChI is InChI=1S/C31H43NO7Si/c1-10-11-17-23-25(37-23)24-21(8)26(33)30(38-24)28(39-40(18(2)3,19(4)5)20(6)7)31(36-9,32-29(30)35)27(34)22-15-13-12-14-16-22/h11-20,23,25,28H,10H2,1-9H3,(H,32,35)/b17-11-/t23-,25+,28-,30-,31-/m1/s1. The molecule has 2 fully saturated rings. The maximum Gasteiger partial charge on any atom is 0.278 e. The SMILES string of the molecule is CC/C=C\[C@H]1O[C@@H]1C1=C(C)C(=O)[C@]2(O1)C(=O)N[C@@](OC)(C(=O)c1ccccc1)[C@@H]2O[Si](C(C)C)(C(C)C)C(C)C. The third kappa shape index (κ3) is 4.42. The van der Waals surface area contributed by atoms with Gasteiger partial charge in [-0.2, -0.15) is 0 Å². The first-order valence-corrected chi connectivity index (χ1v) is 16.4. The predicted octanol–water partition coefficient (Wildman–Crippen LogP) is 5.25. The third-order valence-corrected chi connectivity index (χ3v) is 14.8. The number of epoxide rings is 1. The molecular weight excluding hydrogens is 526 g/mol. The molecule has 1 aromatic carbocycles. The van der Waals surface area contributed by atoms with Crippen LogP contribution in [-0.2, 0) is 28.2 Å². The first kappa shape index (κ1) is 30.4. The topological polar surface area (TPSA) is 103 Å². The van der Waals surface area contributed by atoms with Crippen molar-refractivity contribution in [1.82, 2.24) is 5.32 Å². The van der Waals surface area contributed by atoms with Gasteiger partial charge >= 0.3 is 0 Å². The predicted molar refractivity (Wildman–Crippen MR) is 154 cm³/mol. The van der Waals surface area contributed by atoms with Crippen LogP contribution in [0.1, 0.15) is 72.2 Å². The van der Waals surface area contributed by atoms with Gasteiger partial charge in [-0.25, -0.2) is 0 Å². The molecule has 1 spiro atoms. The zero-order valence-corrected chi connectivity index (χ0v) is 26.1. The highest BCUT2D eigenvalue weighted by Crippen LogP contribution is 2.52. The molecule has 9 heteroatoms. The summed E-state index contributed by atoms with van der Waals surface area (Å²) in [6, 6.07) is 8.59.